The summed E-state index contributed by atoms with van der Waals surface area (Å²) in [4.78, 5) is 0.757. The molecule has 0 saturated heterocycles. The van der Waals surface area contributed by atoms with Gasteiger partial charge in [0, 0.05) is 4.90 Å². The summed E-state index contributed by atoms with van der Waals surface area (Å²) in [6.07, 6.45) is 0.591. The van der Waals surface area contributed by atoms with Gasteiger partial charge in [0.1, 0.15) is 11.6 Å². The zero-order chi connectivity index (χ0) is 17.1. The maximum atomic E-state index is 14.5. The Bertz CT molecular complexity index is 816. The number of hydrogen-bond acceptors (Lipinski definition) is 1. The zero-order valence-electron chi connectivity index (χ0n) is 15.2. The van der Waals surface area contributed by atoms with Crippen LogP contribution in [0.2, 0.25) is 0 Å². The van der Waals surface area contributed by atoms with Gasteiger partial charge in [-0.05, 0) is 53.3 Å². The Labute approximate surface area is 170 Å². The predicted molar refractivity (Wildman–Crippen MR) is 97.6 cm³/mol. The van der Waals surface area contributed by atoms with Crippen LogP contribution in [-0.4, -0.2) is 0 Å². The summed E-state index contributed by atoms with van der Waals surface area (Å²) in [6, 6.07) is 19.6. The Morgan fingerprint density at radius 2 is 1.24 bits per heavy atom. The molecule has 0 N–H and O–H groups in total. The van der Waals surface area contributed by atoms with E-state index in [9.17, 15) is 8.78 Å². The molecule has 0 spiro atoms. The van der Waals surface area contributed by atoms with Crippen LogP contribution in [-0.2, 0) is 6.42 Å². The first-order valence-corrected chi connectivity index (χ1v) is 8.31. The summed E-state index contributed by atoms with van der Waals surface area (Å²) in [7, 11) is 0. The molecule has 0 heterocycles. The lowest BCUT2D eigenvalue weighted by atomic mass is 9.92. The fourth-order valence-corrected chi connectivity index (χ4v) is 3.05. The topological polar surface area (TPSA) is 0 Å². The van der Waals surface area contributed by atoms with Gasteiger partial charge >= 0.3 is 0 Å². The summed E-state index contributed by atoms with van der Waals surface area (Å²) < 4.78 is 29.0. The molecule has 0 aliphatic rings. The molecule has 3 aromatic rings. The van der Waals surface area contributed by atoms with Gasteiger partial charge in [-0.2, -0.15) is 0 Å². The van der Waals surface area contributed by atoms with Crippen molar-refractivity contribution in [3.63, 3.8) is 0 Å². The van der Waals surface area contributed by atoms with E-state index in [2.05, 4.69) is 19.6 Å². The molecular weight excluding hydrogens is 417 g/mol. The highest BCUT2D eigenvalue weighted by atomic mass is 32.1. The Hall–Kier alpha value is -2.48. The second-order valence-corrected chi connectivity index (χ2v) is 6.51. The number of hydrogen-bond donors (Lipinski definition) is 1. The summed E-state index contributed by atoms with van der Waals surface area (Å²) in [5.41, 5.74) is 2.35. The van der Waals surface area contributed by atoms with Crippen LogP contribution in [0.1, 0.15) is 24.0 Å². The van der Waals surface area contributed by atoms with E-state index in [-0.39, 0.29) is 35.0 Å². The van der Waals surface area contributed by atoms with Crippen molar-refractivity contribution in [2.24, 2.45) is 0 Å². The molecule has 0 nitrogen and oxygen atoms in total. The number of benzene rings is 3. The molecule has 0 aliphatic carbocycles. The molecule has 0 aliphatic heterocycles. The summed E-state index contributed by atoms with van der Waals surface area (Å²) in [5.74, 6) is -0.867. The first-order chi connectivity index (χ1) is 11.5. The summed E-state index contributed by atoms with van der Waals surface area (Å²) in [5, 5.41) is 0. The second-order valence-electron chi connectivity index (χ2n) is 6.00. The number of rotatable bonds is 4. The highest BCUT2D eigenvalue weighted by Gasteiger charge is 2.15. The zero-order valence-corrected chi connectivity index (χ0v) is 16.1. The molecule has 1 atom stereocenters. The van der Waals surface area contributed by atoms with Gasteiger partial charge in [-0.25, -0.2) is 8.78 Å². The Morgan fingerprint density at radius 1 is 0.759 bits per heavy atom. The molecule has 0 amide bonds. The average Bonchev–Trinajstić information content (AvgIpc) is 2.57. The van der Waals surface area contributed by atoms with E-state index >= 15 is 0 Å². The SMILES string of the molecule is CC(Cc1cc(F)c(-c2ccc(S)cc2)c(F)c1)c1ccccc1.[F-].[F-].[F-].[F-].[F-]. The molecule has 0 radical (unpaired) electrons. The first kappa shape index (κ1) is 31.2. The lowest BCUT2D eigenvalue weighted by Crippen LogP contribution is -3.00. The maximum Gasteiger partial charge on any atom is 0.134 e. The molecule has 0 saturated carbocycles. The molecule has 1 unspecified atom stereocenters. The Morgan fingerprint density at radius 3 is 1.72 bits per heavy atom. The van der Waals surface area contributed by atoms with Gasteiger partial charge in [-0.3, -0.25) is 0 Å². The van der Waals surface area contributed by atoms with Crippen molar-refractivity contribution < 1.29 is 32.3 Å². The van der Waals surface area contributed by atoms with Gasteiger partial charge < -0.3 is 23.5 Å². The molecule has 0 fully saturated rings. The Balaban J connectivity index is -0.00000135. The van der Waals surface area contributed by atoms with E-state index in [1.807, 2.05) is 30.3 Å². The fourth-order valence-electron chi connectivity index (χ4n) is 2.90. The minimum absolute atomic E-state index is 0. The van der Waals surface area contributed by atoms with Crippen LogP contribution in [0.25, 0.3) is 11.1 Å². The molecule has 8 heteroatoms. The molecule has 3 aromatic carbocycles. The molecule has 3 rings (SSSR count). The van der Waals surface area contributed by atoms with E-state index in [4.69, 9.17) is 0 Å². The normalized spacial score (nSPS) is 10.1. The average molecular weight is 435 g/mol. The molecule has 0 bridgehead atoms. The van der Waals surface area contributed by atoms with Gasteiger partial charge in [0.05, 0.1) is 5.56 Å². The maximum absolute atomic E-state index is 14.5. The highest BCUT2D eigenvalue weighted by molar-refractivity contribution is 7.80. The first-order valence-electron chi connectivity index (χ1n) is 7.87. The summed E-state index contributed by atoms with van der Waals surface area (Å²) in [6.45, 7) is 2.06. The van der Waals surface area contributed by atoms with E-state index < -0.39 is 11.6 Å². The van der Waals surface area contributed by atoms with Gasteiger partial charge in [-0.1, -0.05) is 49.4 Å². The molecule has 162 valence electrons. The fraction of sp³-hybridized carbons (Fsp3) is 0.143. The van der Waals surface area contributed by atoms with Crippen molar-refractivity contribution in [2.75, 3.05) is 0 Å². The largest absolute Gasteiger partial charge is 1.00 e. The van der Waals surface area contributed by atoms with E-state index in [1.165, 1.54) is 12.1 Å². The van der Waals surface area contributed by atoms with Gasteiger partial charge in [0.25, 0.3) is 0 Å². The lowest BCUT2D eigenvalue weighted by Gasteiger charge is -2.14. The monoisotopic (exact) mass is 435 g/mol. The second kappa shape index (κ2) is 13.7. The van der Waals surface area contributed by atoms with Crippen LogP contribution in [0.4, 0.5) is 8.78 Å². The van der Waals surface area contributed by atoms with Crippen LogP contribution in [0, 0.1) is 11.6 Å². The van der Waals surface area contributed by atoms with Crippen LogP contribution in [0.3, 0.4) is 0 Å². The van der Waals surface area contributed by atoms with E-state index in [0.29, 0.717) is 17.5 Å². The van der Waals surface area contributed by atoms with Crippen LogP contribution >= 0.6 is 12.6 Å². The van der Waals surface area contributed by atoms with Crippen molar-refractivity contribution in [1.29, 1.82) is 0 Å². The van der Waals surface area contributed by atoms with Crippen molar-refractivity contribution in [3.8, 4) is 11.1 Å². The Kier molecular flexibility index (Phi) is 14.7. The van der Waals surface area contributed by atoms with Crippen molar-refractivity contribution in [2.45, 2.75) is 24.2 Å². The predicted octanol–water partition coefficient (Wildman–Crippen LogP) is -8.71. The van der Waals surface area contributed by atoms with Crippen molar-refractivity contribution >= 4 is 12.6 Å². The minimum Gasteiger partial charge on any atom is -1.00 e. The van der Waals surface area contributed by atoms with Gasteiger partial charge in [-0.15, -0.1) is 12.6 Å². The van der Waals surface area contributed by atoms with Gasteiger partial charge in [0.15, 0.2) is 0 Å². The third kappa shape index (κ3) is 7.45. The minimum atomic E-state index is -0.530. The third-order valence-electron chi connectivity index (χ3n) is 4.17. The standard InChI is InChI=1S/C21H18F2S.5FH/c1-14(16-5-3-2-4-6-16)11-15-12-19(22)21(20(23)13-15)17-7-9-18(24)10-8-17;;;;;/h2-10,12-14,24H,11H2,1H3;5*1H/p-5. The van der Waals surface area contributed by atoms with E-state index in [1.54, 1.807) is 24.3 Å². The van der Waals surface area contributed by atoms with Crippen molar-refractivity contribution in [3.05, 3.63) is 89.5 Å². The van der Waals surface area contributed by atoms with E-state index in [0.717, 1.165) is 10.5 Å². The highest BCUT2D eigenvalue weighted by Crippen LogP contribution is 2.30. The van der Waals surface area contributed by atoms with Gasteiger partial charge in [0.2, 0.25) is 0 Å². The van der Waals surface area contributed by atoms with Crippen LogP contribution in [0.15, 0.2) is 71.6 Å². The molecular formula is C21H18F7S-5. The third-order valence-corrected chi connectivity index (χ3v) is 4.47. The molecule has 29 heavy (non-hydrogen) atoms. The number of halogens is 7. The summed E-state index contributed by atoms with van der Waals surface area (Å²) >= 11 is 4.20. The smallest absolute Gasteiger partial charge is 0.134 e. The van der Waals surface area contributed by atoms with Crippen molar-refractivity contribution in [1.82, 2.24) is 0 Å². The quantitative estimate of drug-likeness (QED) is 0.306. The lowest BCUT2D eigenvalue weighted by molar-refractivity contribution is -0.00100. The number of thiol groups is 1. The van der Waals surface area contributed by atoms with Crippen LogP contribution < -0.4 is 23.5 Å². The van der Waals surface area contributed by atoms with Crippen LogP contribution in [0.5, 0.6) is 0 Å². The molecule has 0 aromatic heterocycles.